The van der Waals surface area contributed by atoms with Crippen molar-refractivity contribution in [3.8, 4) is 0 Å². The minimum atomic E-state index is -4.94. The maximum Gasteiger partial charge on any atom is 0.416 e. The zero-order valence-electron chi connectivity index (χ0n) is 19.4. The molecule has 0 spiro atoms. The van der Waals surface area contributed by atoms with Crippen LogP contribution in [0.4, 0.5) is 26.3 Å². The molecule has 4 nitrogen and oxygen atoms in total. The van der Waals surface area contributed by atoms with E-state index >= 15 is 0 Å². The summed E-state index contributed by atoms with van der Waals surface area (Å²) in [6, 6.07) is 17.0. The number of carbonyl (C=O) groups excluding carboxylic acids is 1. The highest BCUT2D eigenvalue weighted by Gasteiger charge is 2.36. The fraction of sp³-hybridized carbons (Fsp3) is 0.269. The molecule has 11 heteroatoms. The molecular formula is C26H25ClF6N2O2. The number of benzene rings is 3. The van der Waals surface area contributed by atoms with Crippen LogP contribution in [0.15, 0.2) is 72.8 Å². The summed E-state index contributed by atoms with van der Waals surface area (Å²) in [7, 11) is 0. The largest absolute Gasteiger partial charge is 0.416 e. The van der Waals surface area contributed by atoms with E-state index < -0.39 is 36.0 Å². The zero-order chi connectivity index (χ0) is 26.3. The molecule has 0 radical (unpaired) electrons. The van der Waals surface area contributed by atoms with Crippen LogP contribution in [0.2, 0.25) is 0 Å². The highest BCUT2D eigenvalue weighted by molar-refractivity contribution is 5.94. The van der Waals surface area contributed by atoms with Gasteiger partial charge < -0.3 is 15.8 Å². The van der Waals surface area contributed by atoms with Gasteiger partial charge in [-0.25, -0.2) is 0 Å². The molecule has 0 saturated heterocycles. The van der Waals surface area contributed by atoms with E-state index in [1.54, 1.807) is 54.6 Å². The quantitative estimate of drug-likeness (QED) is 0.308. The minimum absolute atomic E-state index is 0. The molecule has 3 rings (SSSR count). The topological polar surface area (TPSA) is 64.4 Å². The molecule has 0 aliphatic heterocycles. The van der Waals surface area contributed by atoms with Gasteiger partial charge in [-0.2, -0.15) is 26.3 Å². The van der Waals surface area contributed by atoms with Crippen molar-refractivity contribution in [3.05, 3.63) is 106 Å². The molecule has 0 saturated carbocycles. The van der Waals surface area contributed by atoms with Crippen LogP contribution in [-0.2, 0) is 30.2 Å². The number of amides is 1. The lowest BCUT2D eigenvalue weighted by atomic mass is 9.99. The Hall–Kier alpha value is -3.08. The molecule has 3 N–H and O–H groups in total. The van der Waals surface area contributed by atoms with Gasteiger partial charge in [0.1, 0.15) is 0 Å². The lowest BCUT2D eigenvalue weighted by Crippen LogP contribution is -2.30. The van der Waals surface area contributed by atoms with Crippen molar-refractivity contribution in [2.24, 2.45) is 5.73 Å². The van der Waals surface area contributed by atoms with Gasteiger partial charge in [0, 0.05) is 24.6 Å². The van der Waals surface area contributed by atoms with Gasteiger partial charge in [0.2, 0.25) is 0 Å². The van der Waals surface area contributed by atoms with Crippen LogP contribution >= 0.6 is 12.4 Å². The Morgan fingerprint density at radius 3 is 1.92 bits per heavy atom. The Morgan fingerprint density at radius 1 is 0.838 bits per heavy atom. The van der Waals surface area contributed by atoms with E-state index in [-0.39, 0.29) is 43.1 Å². The molecule has 0 fully saturated rings. The third kappa shape index (κ3) is 8.77. The highest BCUT2D eigenvalue weighted by Crippen LogP contribution is 2.36. The SMILES string of the molecule is Cl.NCc1ccc(C(=O)NCC(COCc2cc(C(F)(F)F)cc(C(F)(F)F)c2)c2ccccc2)cc1. The Morgan fingerprint density at radius 2 is 1.41 bits per heavy atom. The van der Waals surface area contributed by atoms with Crippen molar-refractivity contribution >= 4 is 18.3 Å². The van der Waals surface area contributed by atoms with Gasteiger partial charge in [-0.05, 0) is 47.0 Å². The molecule has 3 aromatic rings. The van der Waals surface area contributed by atoms with Crippen molar-refractivity contribution in [3.63, 3.8) is 0 Å². The first-order chi connectivity index (χ1) is 17.0. The number of halogens is 7. The van der Waals surface area contributed by atoms with Gasteiger partial charge >= 0.3 is 12.4 Å². The van der Waals surface area contributed by atoms with Crippen LogP contribution in [0.25, 0.3) is 0 Å². The molecule has 1 atom stereocenters. The van der Waals surface area contributed by atoms with Crippen LogP contribution < -0.4 is 11.1 Å². The predicted molar refractivity (Wildman–Crippen MR) is 129 cm³/mol. The number of hydrogen-bond acceptors (Lipinski definition) is 3. The molecule has 0 heterocycles. The van der Waals surface area contributed by atoms with E-state index in [0.29, 0.717) is 24.2 Å². The summed E-state index contributed by atoms with van der Waals surface area (Å²) in [5.41, 5.74) is 4.58. The van der Waals surface area contributed by atoms with E-state index in [9.17, 15) is 31.1 Å². The van der Waals surface area contributed by atoms with Crippen molar-refractivity contribution in [2.75, 3.05) is 13.2 Å². The van der Waals surface area contributed by atoms with E-state index in [1.807, 2.05) is 0 Å². The normalized spacial score (nSPS) is 12.5. The Bertz CT molecular complexity index is 1120. The first kappa shape index (κ1) is 30.1. The third-order valence-corrected chi connectivity index (χ3v) is 5.47. The fourth-order valence-corrected chi connectivity index (χ4v) is 3.53. The van der Waals surface area contributed by atoms with Gasteiger partial charge in [-0.1, -0.05) is 42.5 Å². The van der Waals surface area contributed by atoms with Crippen LogP contribution in [0.1, 0.15) is 44.1 Å². The zero-order valence-corrected chi connectivity index (χ0v) is 20.2. The Balaban J connectivity index is 0.00000481. The molecule has 0 aromatic heterocycles. The number of alkyl halides is 6. The number of carbonyl (C=O) groups is 1. The van der Waals surface area contributed by atoms with Crippen LogP contribution in [-0.4, -0.2) is 19.1 Å². The van der Waals surface area contributed by atoms with E-state index in [4.69, 9.17) is 10.5 Å². The first-order valence-corrected chi connectivity index (χ1v) is 11.0. The number of hydrogen-bond donors (Lipinski definition) is 2. The highest BCUT2D eigenvalue weighted by atomic mass is 35.5. The van der Waals surface area contributed by atoms with Gasteiger partial charge in [-0.15, -0.1) is 12.4 Å². The Kier molecular flexibility index (Phi) is 10.5. The van der Waals surface area contributed by atoms with Gasteiger partial charge in [0.05, 0.1) is 24.3 Å². The maximum absolute atomic E-state index is 13.1. The smallest absolute Gasteiger partial charge is 0.376 e. The summed E-state index contributed by atoms with van der Waals surface area (Å²) in [5, 5.41) is 2.79. The van der Waals surface area contributed by atoms with Crippen molar-refractivity contribution in [1.82, 2.24) is 5.32 Å². The molecule has 1 unspecified atom stereocenters. The molecule has 1 amide bonds. The van der Waals surface area contributed by atoms with Crippen LogP contribution in [0.5, 0.6) is 0 Å². The van der Waals surface area contributed by atoms with Crippen molar-refractivity contribution in [2.45, 2.75) is 31.4 Å². The molecule has 0 bridgehead atoms. The number of ether oxygens (including phenoxy) is 1. The summed E-state index contributed by atoms with van der Waals surface area (Å²) in [4.78, 5) is 12.5. The summed E-state index contributed by atoms with van der Waals surface area (Å²) < 4.78 is 84.2. The van der Waals surface area contributed by atoms with Crippen molar-refractivity contribution in [1.29, 1.82) is 0 Å². The Labute approximate surface area is 216 Å². The number of rotatable bonds is 9. The van der Waals surface area contributed by atoms with E-state index in [1.165, 1.54) is 0 Å². The maximum atomic E-state index is 13.1. The van der Waals surface area contributed by atoms with Gasteiger partial charge in [0.15, 0.2) is 0 Å². The first-order valence-electron chi connectivity index (χ1n) is 11.0. The fourth-order valence-electron chi connectivity index (χ4n) is 3.53. The summed E-state index contributed by atoms with van der Waals surface area (Å²) in [6.07, 6.45) is -9.87. The number of nitrogens with one attached hydrogen (secondary N) is 1. The van der Waals surface area contributed by atoms with Gasteiger partial charge in [0.25, 0.3) is 5.91 Å². The second-order valence-electron chi connectivity index (χ2n) is 8.15. The van der Waals surface area contributed by atoms with Crippen molar-refractivity contribution < 1.29 is 35.9 Å². The third-order valence-electron chi connectivity index (χ3n) is 5.47. The average Bonchev–Trinajstić information content (AvgIpc) is 2.85. The predicted octanol–water partition coefficient (Wildman–Crippen LogP) is 6.34. The molecule has 0 aliphatic rings. The molecule has 200 valence electrons. The lowest BCUT2D eigenvalue weighted by molar-refractivity contribution is -0.143. The molecule has 37 heavy (non-hydrogen) atoms. The standard InChI is InChI=1S/C26H24F6N2O2.ClH/c27-25(28,29)22-10-18(11-23(12-22)26(30,31)32)15-36-16-21(19-4-2-1-3-5-19)14-34-24(35)20-8-6-17(13-33)7-9-20;/h1-12,21H,13-16,33H2,(H,34,35);1H. The molecule has 0 aliphatic carbocycles. The monoisotopic (exact) mass is 546 g/mol. The lowest BCUT2D eigenvalue weighted by Gasteiger charge is -2.19. The molecular weight excluding hydrogens is 522 g/mol. The van der Waals surface area contributed by atoms with Gasteiger partial charge in [-0.3, -0.25) is 4.79 Å². The van der Waals surface area contributed by atoms with Crippen LogP contribution in [0.3, 0.4) is 0 Å². The van der Waals surface area contributed by atoms with E-state index in [2.05, 4.69) is 5.32 Å². The second kappa shape index (κ2) is 12.9. The second-order valence-corrected chi connectivity index (χ2v) is 8.15. The summed E-state index contributed by atoms with van der Waals surface area (Å²) in [6.45, 7) is -0.0393. The average molecular weight is 547 g/mol. The summed E-state index contributed by atoms with van der Waals surface area (Å²) in [5.74, 6) is -0.737. The van der Waals surface area contributed by atoms with Crippen LogP contribution in [0, 0.1) is 0 Å². The number of nitrogens with two attached hydrogens (primary N) is 1. The summed E-state index contributed by atoms with van der Waals surface area (Å²) >= 11 is 0. The van der Waals surface area contributed by atoms with E-state index in [0.717, 1.165) is 11.1 Å². The molecule has 3 aromatic carbocycles. The minimum Gasteiger partial charge on any atom is -0.376 e.